The van der Waals surface area contributed by atoms with Gasteiger partial charge in [-0.25, -0.2) is 4.52 Å². The van der Waals surface area contributed by atoms with Gasteiger partial charge in [0.1, 0.15) is 6.10 Å². The van der Waals surface area contributed by atoms with Gasteiger partial charge in [0.2, 0.25) is 0 Å². The minimum Gasteiger partial charge on any atom is -0.382 e. The van der Waals surface area contributed by atoms with Crippen molar-refractivity contribution in [2.45, 2.75) is 26.0 Å². The molecule has 0 radical (unpaired) electrons. The number of rotatable bonds is 4. The van der Waals surface area contributed by atoms with E-state index in [-0.39, 0.29) is 0 Å². The lowest BCUT2D eigenvalue weighted by Gasteiger charge is -2.13. The second-order valence-corrected chi connectivity index (χ2v) is 5.04. The van der Waals surface area contributed by atoms with E-state index < -0.39 is 6.10 Å². The van der Waals surface area contributed by atoms with Gasteiger partial charge in [-0.1, -0.05) is 24.6 Å². The Bertz CT molecular complexity index is 734. The zero-order chi connectivity index (χ0) is 14.1. The van der Waals surface area contributed by atoms with Crippen LogP contribution in [0.1, 0.15) is 30.7 Å². The molecule has 0 amide bonds. The Labute approximate surface area is 121 Å². The zero-order valence-electron chi connectivity index (χ0n) is 11.1. The van der Waals surface area contributed by atoms with Crippen molar-refractivity contribution >= 4 is 17.1 Å². The molecule has 0 aliphatic rings. The highest BCUT2D eigenvalue weighted by molar-refractivity contribution is 6.31. The fourth-order valence-corrected chi connectivity index (χ4v) is 2.59. The maximum atomic E-state index is 10.7. The minimum atomic E-state index is -0.837. The number of aliphatic hydroxyl groups excluding tert-OH is 1. The molecule has 1 atom stereocenters. The van der Waals surface area contributed by atoms with Crippen LogP contribution in [0.4, 0.5) is 0 Å². The lowest BCUT2D eigenvalue weighted by atomic mass is 10.1. The number of aromatic nitrogens is 4. The van der Waals surface area contributed by atoms with Gasteiger partial charge in [0, 0.05) is 18.3 Å². The van der Waals surface area contributed by atoms with Gasteiger partial charge in [-0.15, -0.1) is 0 Å². The predicted molar refractivity (Wildman–Crippen MR) is 76.8 cm³/mol. The third-order valence-corrected chi connectivity index (χ3v) is 3.57. The number of aryl methyl sites for hydroxylation is 1. The van der Waals surface area contributed by atoms with Crippen molar-refractivity contribution in [1.82, 2.24) is 19.4 Å². The molecule has 5 nitrogen and oxygen atoms in total. The first-order chi connectivity index (χ1) is 9.72. The fourth-order valence-electron chi connectivity index (χ4n) is 2.35. The van der Waals surface area contributed by atoms with E-state index in [1.54, 1.807) is 21.6 Å². The van der Waals surface area contributed by atoms with Gasteiger partial charge in [0.05, 0.1) is 28.6 Å². The maximum Gasteiger partial charge on any atom is 0.126 e. The van der Waals surface area contributed by atoms with Crippen molar-refractivity contribution in [3.05, 3.63) is 53.1 Å². The molecule has 0 fully saturated rings. The molecule has 0 aliphatic heterocycles. The summed E-state index contributed by atoms with van der Waals surface area (Å²) in [5, 5.41) is 19.6. The molecule has 0 saturated heterocycles. The van der Waals surface area contributed by atoms with Crippen LogP contribution in [0.25, 0.3) is 5.52 Å². The highest BCUT2D eigenvalue weighted by atomic mass is 35.5. The molecule has 0 spiro atoms. The number of hydrogen-bond acceptors (Lipinski definition) is 3. The number of nitrogens with zero attached hydrogens (tertiary/aromatic N) is 4. The number of aliphatic hydroxyl groups is 1. The second kappa shape index (κ2) is 5.26. The summed E-state index contributed by atoms with van der Waals surface area (Å²) in [6, 6.07) is 5.72. The van der Waals surface area contributed by atoms with Gasteiger partial charge < -0.3 is 5.11 Å². The minimum absolute atomic E-state index is 0.473. The van der Waals surface area contributed by atoms with E-state index >= 15 is 0 Å². The molecule has 0 bridgehead atoms. The van der Waals surface area contributed by atoms with Gasteiger partial charge >= 0.3 is 0 Å². The number of fused-ring (bicyclic) bond motifs is 1. The molecule has 3 heterocycles. The molecule has 20 heavy (non-hydrogen) atoms. The molecule has 104 valence electrons. The fraction of sp³-hybridized carbons (Fsp3) is 0.286. The van der Waals surface area contributed by atoms with Crippen molar-refractivity contribution in [2.75, 3.05) is 0 Å². The van der Waals surface area contributed by atoms with Crippen LogP contribution in [0.2, 0.25) is 5.02 Å². The number of halogens is 1. The first-order valence-corrected chi connectivity index (χ1v) is 6.91. The monoisotopic (exact) mass is 290 g/mol. The first-order valence-electron chi connectivity index (χ1n) is 6.54. The van der Waals surface area contributed by atoms with Gasteiger partial charge in [-0.2, -0.15) is 10.2 Å². The first kappa shape index (κ1) is 13.1. The van der Waals surface area contributed by atoms with Crippen LogP contribution in [0, 0.1) is 0 Å². The lowest BCUT2D eigenvalue weighted by Crippen LogP contribution is -2.10. The van der Waals surface area contributed by atoms with Crippen molar-refractivity contribution < 1.29 is 5.11 Å². The summed E-state index contributed by atoms with van der Waals surface area (Å²) in [4.78, 5) is 0. The van der Waals surface area contributed by atoms with Gasteiger partial charge in [-0.05, 0) is 18.6 Å². The molecule has 6 heteroatoms. The van der Waals surface area contributed by atoms with Gasteiger partial charge in [0.25, 0.3) is 0 Å². The van der Waals surface area contributed by atoms with E-state index in [2.05, 4.69) is 17.1 Å². The second-order valence-electron chi connectivity index (χ2n) is 4.63. The molecule has 3 rings (SSSR count). The summed E-state index contributed by atoms with van der Waals surface area (Å²) in [5.41, 5.74) is 2.21. The summed E-state index contributed by atoms with van der Waals surface area (Å²) in [6.07, 6.45) is 5.17. The van der Waals surface area contributed by atoms with E-state index in [4.69, 9.17) is 11.6 Å². The van der Waals surface area contributed by atoms with Crippen molar-refractivity contribution in [3.8, 4) is 0 Å². The number of pyridine rings is 1. The van der Waals surface area contributed by atoms with Crippen LogP contribution in [0.5, 0.6) is 0 Å². The van der Waals surface area contributed by atoms with Crippen LogP contribution >= 0.6 is 11.6 Å². The molecular formula is C14H15ClN4O. The summed E-state index contributed by atoms with van der Waals surface area (Å²) in [5.74, 6) is 0. The lowest BCUT2D eigenvalue weighted by molar-refractivity contribution is 0.209. The SMILES string of the molecule is CCCn1ncc(Cl)c1C(O)c1cnn2ccccc12. The summed E-state index contributed by atoms with van der Waals surface area (Å²) < 4.78 is 3.48. The Morgan fingerprint density at radius 2 is 2.15 bits per heavy atom. The Hall–Kier alpha value is -1.85. The highest BCUT2D eigenvalue weighted by Crippen LogP contribution is 2.30. The Morgan fingerprint density at radius 1 is 1.30 bits per heavy atom. The summed E-state index contributed by atoms with van der Waals surface area (Å²) in [6.45, 7) is 2.78. The van der Waals surface area contributed by atoms with Crippen LogP contribution in [-0.2, 0) is 6.54 Å². The largest absolute Gasteiger partial charge is 0.382 e. The average molecular weight is 291 g/mol. The zero-order valence-corrected chi connectivity index (χ0v) is 11.8. The molecule has 3 aromatic rings. The van der Waals surface area contributed by atoms with Crippen LogP contribution in [-0.4, -0.2) is 24.5 Å². The molecule has 0 saturated carbocycles. The molecular weight excluding hydrogens is 276 g/mol. The van der Waals surface area contributed by atoms with Gasteiger partial charge in [0.15, 0.2) is 0 Å². The van der Waals surface area contributed by atoms with E-state index in [9.17, 15) is 5.11 Å². The third-order valence-electron chi connectivity index (χ3n) is 3.28. The van der Waals surface area contributed by atoms with Gasteiger partial charge in [-0.3, -0.25) is 4.68 Å². The van der Waals surface area contributed by atoms with Crippen molar-refractivity contribution in [1.29, 1.82) is 0 Å². The van der Waals surface area contributed by atoms with E-state index in [0.717, 1.165) is 24.0 Å². The van der Waals surface area contributed by atoms with Crippen LogP contribution in [0.15, 0.2) is 36.8 Å². The summed E-state index contributed by atoms with van der Waals surface area (Å²) >= 11 is 6.17. The van der Waals surface area contributed by atoms with Crippen LogP contribution < -0.4 is 0 Å². The van der Waals surface area contributed by atoms with E-state index in [1.165, 1.54) is 0 Å². The standard InChI is InChI=1S/C14H15ClN4O/c1-2-6-19-13(11(15)9-17-19)14(20)10-8-16-18-7-4-3-5-12(10)18/h3-5,7-9,14,20H,2,6H2,1H3. The molecule has 1 unspecified atom stereocenters. The van der Waals surface area contributed by atoms with E-state index in [0.29, 0.717) is 10.7 Å². The molecule has 0 aromatic carbocycles. The smallest absolute Gasteiger partial charge is 0.126 e. The maximum absolute atomic E-state index is 10.7. The Balaban J connectivity index is 2.08. The quantitative estimate of drug-likeness (QED) is 0.804. The Morgan fingerprint density at radius 3 is 2.95 bits per heavy atom. The normalized spacial score (nSPS) is 12.9. The van der Waals surface area contributed by atoms with Crippen molar-refractivity contribution in [3.63, 3.8) is 0 Å². The molecule has 3 aromatic heterocycles. The average Bonchev–Trinajstić information content (AvgIpc) is 3.03. The molecule has 0 aliphatic carbocycles. The van der Waals surface area contributed by atoms with Crippen molar-refractivity contribution in [2.24, 2.45) is 0 Å². The third kappa shape index (κ3) is 2.09. The topological polar surface area (TPSA) is 55.3 Å². The molecule has 1 N–H and O–H groups in total. The Kier molecular flexibility index (Phi) is 3.46. The number of hydrogen-bond donors (Lipinski definition) is 1. The van der Waals surface area contributed by atoms with E-state index in [1.807, 2.05) is 24.4 Å². The summed E-state index contributed by atoms with van der Waals surface area (Å²) in [7, 11) is 0. The predicted octanol–water partition coefficient (Wildman–Crippen LogP) is 2.68. The van der Waals surface area contributed by atoms with Crippen LogP contribution in [0.3, 0.4) is 0 Å². The highest BCUT2D eigenvalue weighted by Gasteiger charge is 2.22.